The minimum absolute atomic E-state index is 0.0703. The van der Waals surface area contributed by atoms with Gasteiger partial charge < -0.3 is 19.5 Å². The molecule has 1 aromatic carbocycles. The van der Waals surface area contributed by atoms with Gasteiger partial charge in [-0.25, -0.2) is 0 Å². The summed E-state index contributed by atoms with van der Waals surface area (Å²) in [4.78, 5) is 39.3. The fourth-order valence-electron chi connectivity index (χ4n) is 3.09. The minimum Gasteiger partial charge on any atom is -0.444 e. The van der Waals surface area contributed by atoms with Crippen molar-refractivity contribution in [2.75, 3.05) is 20.1 Å². The summed E-state index contributed by atoms with van der Waals surface area (Å²) in [6, 6.07) is 11.0. The SMILES string of the molecule is CN(CC(=O)NCc1cccc(CN2CCCC2=O)c1)C(=O)c1ccc(Br)o1. The Morgan fingerprint density at radius 1 is 1.25 bits per heavy atom. The van der Waals surface area contributed by atoms with Gasteiger partial charge in [0, 0.05) is 33.1 Å². The molecule has 2 aromatic rings. The molecule has 8 heteroatoms. The molecule has 0 saturated carbocycles. The number of furan rings is 1. The van der Waals surface area contributed by atoms with Crippen LogP contribution in [0, 0.1) is 0 Å². The van der Waals surface area contributed by atoms with Crippen LogP contribution in [-0.4, -0.2) is 47.7 Å². The number of nitrogens with zero attached hydrogens (tertiary/aromatic N) is 2. The number of carbonyl (C=O) groups excluding carboxylic acids is 3. The summed E-state index contributed by atoms with van der Waals surface area (Å²) >= 11 is 3.15. The number of likely N-dealkylation sites (N-methyl/N-ethyl adjacent to an activating group) is 1. The molecule has 0 atom stereocenters. The van der Waals surface area contributed by atoms with Gasteiger partial charge in [-0.1, -0.05) is 24.3 Å². The normalized spacial score (nSPS) is 13.6. The van der Waals surface area contributed by atoms with Crippen LogP contribution in [0.4, 0.5) is 0 Å². The molecule has 2 heterocycles. The summed E-state index contributed by atoms with van der Waals surface area (Å²) in [6.45, 7) is 1.68. The summed E-state index contributed by atoms with van der Waals surface area (Å²) in [5.41, 5.74) is 1.99. The number of nitrogens with one attached hydrogen (secondary N) is 1. The molecule has 0 bridgehead atoms. The lowest BCUT2D eigenvalue weighted by atomic mass is 10.1. The predicted molar refractivity (Wildman–Crippen MR) is 106 cm³/mol. The molecule has 1 aromatic heterocycles. The van der Waals surface area contributed by atoms with Gasteiger partial charge in [-0.3, -0.25) is 14.4 Å². The first-order valence-corrected chi connectivity index (χ1v) is 9.85. The van der Waals surface area contributed by atoms with Crippen LogP contribution in [0.2, 0.25) is 0 Å². The van der Waals surface area contributed by atoms with Gasteiger partial charge in [0.05, 0.1) is 6.54 Å². The number of rotatable bonds is 7. The van der Waals surface area contributed by atoms with Crippen molar-refractivity contribution in [1.82, 2.24) is 15.1 Å². The van der Waals surface area contributed by atoms with Crippen LogP contribution >= 0.6 is 15.9 Å². The molecular formula is C20H22BrN3O4. The Morgan fingerprint density at radius 2 is 2.04 bits per heavy atom. The van der Waals surface area contributed by atoms with Gasteiger partial charge in [-0.05, 0) is 45.6 Å². The van der Waals surface area contributed by atoms with E-state index >= 15 is 0 Å². The van der Waals surface area contributed by atoms with Crippen molar-refractivity contribution < 1.29 is 18.8 Å². The maximum Gasteiger partial charge on any atom is 0.289 e. The minimum atomic E-state index is -0.363. The van der Waals surface area contributed by atoms with Gasteiger partial charge in [-0.2, -0.15) is 0 Å². The van der Waals surface area contributed by atoms with Crippen molar-refractivity contribution >= 4 is 33.7 Å². The van der Waals surface area contributed by atoms with Gasteiger partial charge in [-0.15, -0.1) is 0 Å². The van der Waals surface area contributed by atoms with Gasteiger partial charge in [0.25, 0.3) is 5.91 Å². The Hall–Kier alpha value is -2.61. The van der Waals surface area contributed by atoms with Crippen LogP contribution in [0.3, 0.4) is 0 Å². The Kier molecular flexibility index (Phi) is 6.51. The second-order valence-corrected chi connectivity index (χ2v) is 7.56. The van der Waals surface area contributed by atoms with Crippen molar-refractivity contribution in [2.45, 2.75) is 25.9 Å². The lowest BCUT2D eigenvalue weighted by Crippen LogP contribution is -2.38. The zero-order chi connectivity index (χ0) is 20.1. The standard InChI is InChI=1S/C20H22BrN3O4/c1-23(20(27)16-7-8-17(21)28-16)13-18(25)22-11-14-4-2-5-15(10-14)12-24-9-3-6-19(24)26/h2,4-5,7-8,10H,3,6,9,11-13H2,1H3,(H,22,25). The zero-order valence-electron chi connectivity index (χ0n) is 15.6. The highest BCUT2D eigenvalue weighted by atomic mass is 79.9. The summed E-state index contributed by atoms with van der Waals surface area (Å²) < 4.78 is 5.68. The number of hydrogen-bond donors (Lipinski definition) is 1. The average molecular weight is 448 g/mol. The monoisotopic (exact) mass is 447 g/mol. The zero-order valence-corrected chi connectivity index (χ0v) is 17.2. The highest BCUT2D eigenvalue weighted by molar-refractivity contribution is 9.10. The molecule has 1 saturated heterocycles. The van der Waals surface area contributed by atoms with Crippen LogP contribution < -0.4 is 5.32 Å². The van der Waals surface area contributed by atoms with E-state index in [-0.39, 0.29) is 30.0 Å². The summed E-state index contributed by atoms with van der Waals surface area (Å²) in [5.74, 6) is -0.263. The Bertz CT molecular complexity index is 880. The highest BCUT2D eigenvalue weighted by Gasteiger charge is 2.20. The lowest BCUT2D eigenvalue weighted by molar-refractivity contribution is -0.128. The van der Waals surface area contributed by atoms with Crippen LogP contribution in [0.5, 0.6) is 0 Å². The molecule has 3 amide bonds. The van der Waals surface area contributed by atoms with Gasteiger partial charge in [0.15, 0.2) is 10.4 Å². The number of hydrogen-bond acceptors (Lipinski definition) is 4. The molecule has 1 N–H and O–H groups in total. The molecule has 148 valence electrons. The van der Waals surface area contributed by atoms with Crippen molar-refractivity contribution in [2.24, 2.45) is 0 Å². The largest absolute Gasteiger partial charge is 0.444 e. The third-order valence-electron chi connectivity index (χ3n) is 4.54. The van der Waals surface area contributed by atoms with E-state index in [1.54, 1.807) is 19.2 Å². The van der Waals surface area contributed by atoms with Crippen LogP contribution in [-0.2, 0) is 22.7 Å². The summed E-state index contributed by atoms with van der Waals surface area (Å²) in [7, 11) is 1.55. The Morgan fingerprint density at radius 3 is 2.71 bits per heavy atom. The second kappa shape index (κ2) is 9.05. The van der Waals surface area contributed by atoms with Gasteiger partial charge in [0.2, 0.25) is 11.8 Å². The van der Waals surface area contributed by atoms with Crippen molar-refractivity contribution in [1.29, 1.82) is 0 Å². The van der Waals surface area contributed by atoms with E-state index in [2.05, 4.69) is 21.2 Å². The summed E-state index contributed by atoms with van der Waals surface area (Å²) in [5, 5.41) is 2.82. The highest BCUT2D eigenvalue weighted by Crippen LogP contribution is 2.16. The van der Waals surface area contributed by atoms with E-state index in [0.717, 1.165) is 24.1 Å². The maximum absolute atomic E-state index is 12.2. The molecular weight excluding hydrogens is 426 g/mol. The molecule has 0 radical (unpaired) electrons. The molecule has 1 aliphatic heterocycles. The fourth-order valence-corrected chi connectivity index (χ4v) is 3.40. The number of halogens is 1. The topological polar surface area (TPSA) is 82.9 Å². The first-order valence-electron chi connectivity index (χ1n) is 9.05. The van der Waals surface area contributed by atoms with E-state index in [9.17, 15) is 14.4 Å². The molecule has 7 nitrogen and oxygen atoms in total. The molecule has 0 unspecified atom stereocenters. The third-order valence-corrected chi connectivity index (χ3v) is 4.96. The molecule has 0 spiro atoms. The molecule has 1 fully saturated rings. The van der Waals surface area contributed by atoms with Gasteiger partial charge >= 0.3 is 0 Å². The van der Waals surface area contributed by atoms with Crippen molar-refractivity contribution in [3.05, 3.63) is 58.0 Å². The smallest absolute Gasteiger partial charge is 0.289 e. The Balaban J connectivity index is 1.49. The summed E-state index contributed by atoms with van der Waals surface area (Å²) in [6.07, 6.45) is 1.53. The first kappa shape index (κ1) is 20.1. The number of carbonyl (C=O) groups is 3. The second-order valence-electron chi connectivity index (χ2n) is 6.78. The molecule has 28 heavy (non-hydrogen) atoms. The van der Waals surface area contributed by atoms with E-state index in [1.165, 1.54) is 4.90 Å². The molecule has 3 rings (SSSR count). The first-order chi connectivity index (χ1) is 13.4. The Labute approximate surface area is 171 Å². The van der Waals surface area contributed by atoms with Crippen molar-refractivity contribution in [3.63, 3.8) is 0 Å². The van der Waals surface area contributed by atoms with Crippen LogP contribution in [0.15, 0.2) is 45.5 Å². The lowest BCUT2D eigenvalue weighted by Gasteiger charge is -2.17. The van der Waals surface area contributed by atoms with Crippen LogP contribution in [0.25, 0.3) is 0 Å². The molecule has 0 aliphatic carbocycles. The van der Waals surface area contributed by atoms with E-state index in [4.69, 9.17) is 4.42 Å². The van der Waals surface area contributed by atoms with Gasteiger partial charge in [0.1, 0.15) is 0 Å². The fraction of sp³-hybridized carbons (Fsp3) is 0.350. The number of benzene rings is 1. The number of likely N-dealkylation sites (tertiary alicyclic amines) is 1. The van der Waals surface area contributed by atoms with E-state index in [0.29, 0.717) is 24.2 Å². The quantitative estimate of drug-likeness (QED) is 0.706. The third kappa shape index (κ3) is 5.22. The maximum atomic E-state index is 12.2. The predicted octanol–water partition coefficient (Wildman–Crippen LogP) is 2.55. The average Bonchev–Trinajstić information content (AvgIpc) is 3.28. The number of amides is 3. The van der Waals surface area contributed by atoms with Crippen molar-refractivity contribution in [3.8, 4) is 0 Å². The van der Waals surface area contributed by atoms with Crippen LogP contribution in [0.1, 0.15) is 34.5 Å². The molecule has 1 aliphatic rings. The van der Waals surface area contributed by atoms with E-state index in [1.807, 2.05) is 29.2 Å². The van der Waals surface area contributed by atoms with E-state index < -0.39 is 0 Å².